The molecule has 1 aromatic heterocycles. The standard InChI is InChI=1S/C10H13N3O2/c1-15-9(14)8-4-5-11-10(12-8)13-6-2-3-7-13/h4-5H,2-3,6-7H2,1H3. The van der Waals surface area contributed by atoms with E-state index >= 15 is 0 Å². The largest absolute Gasteiger partial charge is 0.464 e. The lowest BCUT2D eigenvalue weighted by atomic mass is 10.4. The van der Waals surface area contributed by atoms with Crippen LogP contribution in [0.2, 0.25) is 0 Å². The van der Waals surface area contributed by atoms with Gasteiger partial charge in [-0.2, -0.15) is 0 Å². The van der Waals surface area contributed by atoms with Crippen molar-refractivity contribution in [3.05, 3.63) is 18.0 Å². The summed E-state index contributed by atoms with van der Waals surface area (Å²) < 4.78 is 4.61. The highest BCUT2D eigenvalue weighted by Gasteiger charge is 2.16. The Hall–Kier alpha value is -1.65. The molecule has 0 bridgehead atoms. The second-order valence-corrected chi connectivity index (χ2v) is 3.43. The fraction of sp³-hybridized carbons (Fsp3) is 0.500. The van der Waals surface area contributed by atoms with Gasteiger partial charge in [0, 0.05) is 19.3 Å². The average molecular weight is 207 g/mol. The van der Waals surface area contributed by atoms with Crippen molar-refractivity contribution in [3.63, 3.8) is 0 Å². The first kappa shape index (κ1) is 9.89. The van der Waals surface area contributed by atoms with Crippen LogP contribution >= 0.6 is 0 Å². The average Bonchev–Trinajstić information content (AvgIpc) is 2.82. The van der Waals surface area contributed by atoms with E-state index in [-0.39, 0.29) is 0 Å². The van der Waals surface area contributed by atoms with Crippen LogP contribution in [0.15, 0.2) is 12.3 Å². The molecule has 0 saturated carbocycles. The van der Waals surface area contributed by atoms with Crippen LogP contribution < -0.4 is 4.90 Å². The molecule has 1 saturated heterocycles. The van der Waals surface area contributed by atoms with Gasteiger partial charge in [0.1, 0.15) is 0 Å². The normalized spacial score (nSPS) is 15.4. The van der Waals surface area contributed by atoms with E-state index in [1.54, 1.807) is 12.3 Å². The molecule has 1 aromatic rings. The van der Waals surface area contributed by atoms with Crippen LogP contribution in [0, 0.1) is 0 Å². The van der Waals surface area contributed by atoms with Gasteiger partial charge in [-0.05, 0) is 18.9 Å². The maximum Gasteiger partial charge on any atom is 0.356 e. The first-order valence-corrected chi connectivity index (χ1v) is 4.97. The summed E-state index contributed by atoms with van der Waals surface area (Å²) in [6.45, 7) is 1.93. The molecule has 80 valence electrons. The lowest BCUT2D eigenvalue weighted by Gasteiger charge is -2.14. The highest BCUT2D eigenvalue weighted by atomic mass is 16.5. The Labute approximate surface area is 88.1 Å². The van der Waals surface area contributed by atoms with Crippen LogP contribution in [0.25, 0.3) is 0 Å². The molecule has 0 atom stereocenters. The summed E-state index contributed by atoms with van der Waals surface area (Å²) in [7, 11) is 1.35. The Balaban J connectivity index is 2.21. The summed E-state index contributed by atoms with van der Waals surface area (Å²) in [6, 6.07) is 1.56. The summed E-state index contributed by atoms with van der Waals surface area (Å²) in [5, 5.41) is 0. The molecular weight excluding hydrogens is 194 g/mol. The SMILES string of the molecule is COC(=O)c1ccnc(N2CCCC2)n1. The Kier molecular flexibility index (Phi) is 2.80. The number of aromatic nitrogens is 2. The van der Waals surface area contributed by atoms with Gasteiger partial charge in [0.05, 0.1) is 7.11 Å². The number of methoxy groups -OCH3 is 1. The molecule has 0 N–H and O–H groups in total. The molecule has 0 radical (unpaired) electrons. The number of anilines is 1. The van der Waals surface area contributed by atoms with Crippen LogP contribution in [0.3, 0.4) is 0 Å². The number of esters is 1. The number of carbonyl (C=O) groups is 1. The van der Waals surface area contributed by atoms with E-state index in [4.69, 9.17) is 0 Å². The minimum absolute atomic E-state index is 0.314. The highest BCUT2D eigenvalue weighted by Crippen LogP contribution is 2.15. The second-order valence-electron chi connectivity index (χ2n) is 3.43. The fourth-order valence-corrected chi connectivity index (χ4v) is 1.64. The number of hydrogen-bond donors (Lipinski definition) is 0. The number of hydrogen-bond acceptors (Lipinski definition) is 5. The predicted octanol–water partition coefficient (Wildman–Crippen LogP) is 0.863. The number of carbonyl (C=O) groups excluding carboxylic acids is 1. The van der Waals surface area contributed by atoms with Crippen LogP contribution in [-0.2, 0) is 4.74 Å². The van der Waals surface area contributed by atoms with Crippen molar-refractivity contribution in [2.45, 2.75) is 12.8 Å². The van der Waals surface area contributed by atoms with Gasteiger partial charge in [0.2, 0.25) is 5.95 Å². The molecular formula is C10H13N3O2. The van der Waals surface area contributed by atoms with Crippen molar-refractivity contribution >= 4 is 11.9 Å². The van der Waals surface area contributed by atoms with Crippen molar-refractivity contribution in [3.8, 4) is 0 Å². The summed E-state index contributed by atoms with van der Waals surface area (Å²) in [5.41, 5.74) is 0.314. The van der Waals surface area contributed by atoms with Crippen molar-refractivity contribution in [1.82, 2.24) is 9.97 Å². The van der Waals surface area contributed by atoms with Gasteiger partial charge in [0.25, 0.3) is 0 Å². The van der Waals surface area contributed by atoms with Gasteiger partial charge in [-0.3, -0.25) is 0 Å². The summed E-state index contributed by atoms with van der Waals surface area (Å²) in [4.78, 5) is 21.6. The molecule has 1 fully saturated rings. The van der Waals surface area contributed by atoms with Crippen LogP contribution in [0.5, 0.6) is 0 Å². The zero-order valence-electron chi connectivity index (χ0n) is 8.64. The maximum absolute atomic E-state index is 11.2. The molecule has 1 aliphatic rings. The Morgan fingerprint density at radius 1 is 1.47 bits per heavy atom. The monoisotopic (exact) mass is 207 g/mol. The highest BCUT2D eigenvalue weighted by molar-refractivity contribution is 5.87. The zero-order valence-corrected chi connectivity index (χ0v) is 8.64. The lowest BCUT2D eigenvalue weighted by molar-refractivity contribution is 0.0594. The van der Waals surface area contributed by atoms with Crippen LogP contribution in [0.1, 0.15) is 23.3 Å². The quantitative estimate of drug-likeness (QED) is 0.673. The minimum atomic E-state index is -0.419. The lowest BCUT2D eigenvalue weighted by Crippen LogP contribution is -2.21. The fourth-order valence-electron chi connectivity index (χ4n) is 1.64. The van der Waals surface area contributed by atoms with Gasteiger partial charge in [-0.25, -0.2) is 14.8 Å². The molecule has 0 aliphatic carbocycles. The molecule has 0 unspecified atom stereocenters. The Morgan fingerprint density at radius 3 is 2.87 bits per heavy atom. The van der Waals surface area contributed by atoms with Crippen LogP contribution in [0.4, 0.5) is 5.95 Å². The van der Waals surface area contributed by atoms with E-state index in [1.165, 1.54) is 7.11 Å². The number of nitrogens with zero attached hydrogens (tertiary/aromatic N) is 3. The van der Waals surface area contributed by atoms with Crippen molar-refractivity contribution in [2.24, 2.45) is 0 Å². The summed E-state index contributed by atoms with van der Waals surface area (Å²) in [6.07, 6.45) is 3.91. The summed E-state index contributed by atoms with van der Waals surface area (Å²) in [5.74, 6) is 0.202. The molecule has 15 heavy (non-hydrogen) atoms. The number of ether oxygens (including phenoxy) is 1. The zero-order chi connectivity index (χ0) is 10.7. The Bertz CT molecular complexity index is 361. The summed E-state index contributed by atoms with van der Waals surface area (Å²) >= 11 is 0. The van der Waals surface area contributed by atoms with Gasteiger partial charge in [-0.15, -0.1) is 0 Å². The molecule has 2 rings (SSSR count). The van der Waals surface area contributed by atoms with Crippen LogP contribution in [-0.4, -0.2) is 36.1 Å². The smallest absolute Gasteiger partial charge is 0.356 e. The molecule has 0 amide bonds. The maximum atomic E-state index is 11.2. The first-order valence-electron chi connectivity index (χ1n) is 4.97. The third kappa shape index (κ3) is 2.06. The van der Waals surface area contributed by atoms with E-state index in [1.807, 2.05) is 0 Å². The molecule has 0 aromatic carbocycles. The van der Waals surface area contributed by atoms with E-state index in [0.29, 0.717) is 11.6 Å². The molecule has 5 nitrogen and oxygen atoms in total. The third-order valence-electron chi connectivity index (χ3n) is 2.43. The predicted molar refractivity (Wildman–Crippen MR) is 54.8 cm³/mol. The molecule has 0 spiro atoms. The van der Waals surface area contributed by atoms with E-state index in [2.05, 4.69) is 19.6 Å². The second kappa shape index (κ2) is 4.25. The van der Waals surface area contributed by atoms with E-state index < -0.39 is 5.97 Å². The van der Waals surface area contributed by atoms with E-state index in [9.17, 15) is 4.79 Å². The number of rotatable bonds is 2. The van der Waals surface area contributed by atoms with Crippen molar-refractivity contribution < 1.29 is 9.53 Å². The Morgan fingerprint density at radius 2 is 2.20 bits per heavy atom. The molecule has 5 heteroatoms. The minimum Gasteiger partial charge on any atom is -0.464 e. The van der Waals surface area contributed by atoms with Crippen molar-refractivity contribution in [2.75, 3.05) is 25.1 Å². The van der Waals surface area contributed by atoms with Gasteiger partial charge in [0.15, 0.2) is 5.69 Å². The van der Waals surface area contributed by atoms with Crippen molar-refractivity contribution in [1.29, 1.82) is 0 Å². The van der Waals surface area contributed by atoms with Gasteiger partial charge in [-0.1, -0.05) is 0 Å². The third-order valence-corrected chi connectivity index (χ3v) is 2.43. The topological polar surface area (TPSA) is 55.3 Å². The molecule has 2 heterocycles. The first-order chi connectivity index (χ1) is 7.31. The van der Waals surface area contributed by atoms with E-state index in [0.717, 1.165) is 25.9 Å². The molecule has 1 aliphatic heterocycles. The van der Waals surface area contributed by atoms with Gasteiger partial charge >= 0.3 is 5.97 Å². The van der Waals surface area contributed by atoms with Gasteiger partial charge < -0.3 is 9.64 Å².